The number of fused-ring (bicyclic) bond motifs is 7. The van der Waals surface area contributed by atoms with Gasteiger partial charge in [-0.3, -0.25) is 4.57 Å². The van der Waals surface area contributed by atoms with E-state index in [1.807, 2.05) is 0 Å². The molecule has 0 amide bonds. The second kappa shape index (κ2) is 12.4. The van der Waals surface area contributed by atoms with Crippen molar-refractivity contribution >= 4 is 54.1 Å². The number of para-hydroxylation sites is 2. The van der Waals surface area contributed by atoms with E-state index in [0.717, 1.165) is 29.0 Å². The molecule has 1 aromatic heterocycles. The first-order valence-electron chi connectivity index (χ1n) is 19.9. The van der Waals surface area contributed by atoms with E-state index >= 15 is 0 Å². The average Bonchev–Trinajstić information content (AvgIpc) is 3.81. The van der Waals surface area contributed by atoms with Crippen LogP contribution in [0.5, 0.6) is 0 Å². The van der Waals surface area contributed by atoms with E-state index in [1.54, 1.807) is 0 Å². The Kier molecular flexibility index (Phi) is 6.94. The Bertz CT molecular complexity index is 3440. The average molecular weight is 725 g/mol. The van der Waals surface area contributed by atoms with Crippen molar-refractivity contribution in [3.63, 3.8) is 0 Å². The number of nitrogens with zero attached hydrogens (tertiary/aromatic N) is 2. The van der Waals surface area contributed by atoms with Gasteiger partial charge in [0.2, 0.25) is 0 Å². The lowest BCUT2D eigenvalue weighted by Gasteiger charge is -2.21. The molecule has 12 rings (SSSR count). The molecule has 10 aromatic carbocycles. The van der Waals surface area contributed by atoms with Gasteiger partial charge in [-0.05, 0) is 124 Å². The third kappa shape index (κ3) is 4.68. The van der Waals surface area contributed by atoms with Gasteiger partial charge in [-0.1, -0.05) is 165 Å². The van der Waals surface area contributed by atoms with Crippen molar-refractivity contribution in [2.75, 3.05) is 0 Å². The smallest absolute Gasteiger partial charge is 0.114 e. The number of aryl methyl sites for hydroxylation is 1. The zero-order valence-electron chi connectivity index (χ0n) is 31.5. The second-order valence-electron chi connectivity index (χ2n) is 15.3. The third-order valence-electron chi connectivity index (χ3n) is 12.3. The molecule has 0 unspecified atom stereocenters. The summed E-state index contributed by atoms with van der Waals surface area (Å²) in [5.41, 5.74) is 16.0. The Morgan fingerprint density at radius 3 is 1.86 bits per heavy atom. The van der Waals surface area contributed by atoms with Crippen LogP contribution in [0.4, 0.5) is 0 Å². The van der Waals surface area contributed by atoms with Crippen LogP contribution in [0.25, 0.3) is 115 Å². The highest BCUT2D eigenvalue weighted by Gasteiger charge is 2.24. The first-order chi connectivity index (χ1) is 28.2. The van der Waals surface area contributed by atoms with Crippen molar-refractivity contribution in [2.24, 2.45) is 0 Å². The van der Waals surface area contributed by atoms with E-state index in [1.165, 1.54) is 98.7 Å². The summed E-state index contributed by atoms with van der Waals surface area (Å²) < 4.78 is 2.36. The Labute approximate surface area is 330 Å². The Morgan fingerprint density at radius 2 is 1.05 bits per heavy atom. The van der Waals surface area contributed by atoms with E-state index in [-0.39, 0.29) is 0 Å². The van der Waals surface area contributed by atoms with Crippen LogP contribution in [-0.2, 0) is 6.42 Å². The fraction of sp³-hybridized carbons (Fsp3) is 0.0364. The summed E-state index contributed by atoms with van der Waals surface area (Å²) in [6.07, 6.45) is 0.841. The van der Waals surface area contributed by atoms with Gasteiger partial charge in [0, 0.05) is 11.8 Å². The minimum Gasteiger partial charge on any atom is -0.296 e. The van der Waals surface area contributed by atoms with Crippen LogP contribution in [0.3, 0.4) is 0 Å². The Morgan fingerprint density at radius 1 is 0.404 bits per heavy atom. The van der Waals surface area contributed by atoms with Crippen LogP contribution in [0.1, 0.15) is 12.7 Å². The molecule has 57 heavy (non-hydrogen) atoms. The van der Waals surface area contributed by atoms with Crippen molar-refractivity contribution in [2.45, 2.75) is 13.3 Å². The maximum Gasteiger partial charge on any atom is 0.114 e. The molecule has 0 fully saturated rings. The van der Waals surface area contributed by atoms with Gasteiger partial charge in [0.1, 0.15) is 5.82 Å². The van der Waals surface area contributed by atoms with Crippen molar-refractivity contribution in [1.29, 1.82) is 0 Å². The molecule has 0 radical (unpaired) electrons. The van der Waals surface area contributed by atoms with E-state index in [0.29, 0.717) is 0 Å². The number of rotatable bonds is 5. The molecule has 0 bridgehead atoms. The minimum atomic E-state index is 0.841. The lowest BCUT2D eigenvalue weighted by Crippen LogP contribution is -2.01. The maximum absolute atomic E-state index is 5.06. The quantitative estimate of drug-likeness (QED) is 0.162. The summed E-state index contributed by atoms with van der Waals surface area (Å²) in [5, 5.41) is 10.1. The van der Waals surface area contributed by atoms with Crippen molar-refractivity contribution < 1.29 is 0 Å². The lowest BCUT2D eigenvalue weighted by atomic mass is 9.83. The van der Waals surface area contributed by atoms with Gasteiger partial charge in [-0.2, -0.15) is 0 Å². The fourth-order valence-corrected chi connectivity index (χ4v) is 9.82. The van der Waals surface area contributed by atoms with Crippen LogP contribution in [-0.4, -0.2) is 9.55 Å². The number of hydrogen-bond donors (Lipinski definition) is 0. The third-order valence-corrected chi connectivity index (χ3v) is 12.3. The van der Waals surface area contributed by atoms with Crippen molar-refractivity contribution in [1.82, 2.24) is 9.55 Å². The molecule has 0 saturated heterocycles. The molecule has 1 aliphatic carbocycles. The zero-order valence-corrected chi connectivity index (χ0v) is 31.5. The molecule has 2 nitrogen and oxygen atoms in total. The normalized spacial score (nSPS) is 12.0. The van der Waals surface area contributed by atoms with Gasteiger partial charge in [0.05, 0.1) is 16.7 Å². The standard InChI is InChI=1S/C55H36N2/c1-2-52-56-49-24-10-11-25-51(49)57(52)50-31-30-45(38-18-6-7-19-40(38)50)55-43-21-9-8-20-42(43)54(46-29-26-36(32-48(46)55)34-14-4-3-5-15-34)37-27-28-39-41-22-12-16-35-17-13-23-44(53(35)41)47(39)33-37/h3-33H,2H2,1H3. The monoisotopic (exact) mass is 724 g/mol. The summed E-state index contributed by atoms with van der Waals surface area (Å²) in [6, 6.07) is 69.6. The molecule has 0 N–H and O–H groups in total. The first-order valence-corrected chi connectivity index (χ1v) is 19.9. The predicted molar refractivity (Wildman–Crippen MR) is 241 cm³/mol. The number of imidazole rings is 1. The highest BCUT2D eigenvalue weighted by molar-refractivity contribution is 6.25. The highest BCUT2D eigenvalue weighted by Crippen LogP contribution is 2.51. The van der Waals surface area contributed by atoms with Gasteiger partial charge in [-0.15, -0.1) is 0 Å². The maximum atomic E-state index is 5.06. The van der Waals surface area contributed by atoms with Gasteiger partial charge in [0.25, 0.3) is 0 Å². The topological polar surface area (TPSA) is 17.8 Å². The molecule has 2 heteroatoms. The minimum absolute atomic E-state index is 0.841. The van der Waals surface area contributed by atoms with E-state index in [4.69, 9.17) is 4.98 Å². The summed E-state index contributed by atoms with van der Waals surface area (Å²) in [7, 11) is 0. The van der Waals surface area contributed by atoms with E-state index < -0.39 is 0 Å². The molecule has 0 spiro atoms. The van der Waals surface area contributed by atoms with Crippen LogP contribution >= 0.6 is 0 Å². The summed E-state index contributed by atoms with van der Waals surface area (Å²) in [4.78, 5) is 5.06. The van der Waals surface area contributed by atoms with Crippen LogP contribution in [0, 0.1) is 0 Å². The lowest BCUT2D eigenvalue weighted by molar-refractivity contribution is 0.913. The zero-order chi connectivity index (χ0) is 37.6. The molecule has 0 atom stereocenters. The number of benzene rings is 10. The second-order valence-corrected chi connectivity index (χ2v) is 15.3. The molecule has 1 aliphatic rings. The Balaban J connectivity index is 1.17. The molecule has 1 heterocycles. The number of aromatic nitrogens is 2. The molecular weight excluding hydrogens is 689 g/mol. The fourth-order valence-electron chi connectivity index (χ4n) is 9.82. The van der Waals surface area contributed by atoms with Gasteiger partial charge >= 0.3 is 0 Å². The van der Waals surface area contributed by atoms with E-state index in [2.05, 4.69) is 200 Å². The van der Waals surface area contributed by atoms with Gasteiger partial charge in [-0.25, -0.2) is 4.98 Å². The molecule has 11 aromatic rings. The SMILES string of the molecule is CCc1nc2ccccc2n1-c1ccc(-c2c3ccccc3c(-c3ccc4c(c3)-c3cccc5cccc-4c35)c3ccc(-c4ccccc4)cc23)c2ccccc12. The summed E-state index contributed by atoms with van der Waals surface area (Å²) >= 11 is 0. The van der Waals surface area contributed by atoms with Crippen LogP contribution < -0.4 is 0 Å². The Hall–Kier alpha value is -7.29. The molecule has 266 valence electrons. The van der Waals surface area contributed by atoms with Gasteiger partial charge < -0.3 is 0 Å². The molecular formula is C55H36N2. The summed E-state index contributed by atoms with van der Waals surface area (Å²) in [5.74, 6) is 1.07. The summed E-state index contributed by atoms with van der Waals surface area (Å²) in [6.45, 7) is 2.19. The molecule has 0 saturated carbocycles. The predicted octanol–water partition coefficient (Wildman–Crippen LogP) is 14.8. The van der Waals surface area contributed by atoms with Crippen LogP contribution in [0.2, 0.25) is 0 Å². The van der Waals surface area contributed by atoms with Crippen molar-refractivity contribution in [3.8, 4) is 61.3 Å². The van der Waals surface area contributed by atoms with E-state index in [9.17, 15) is 0 Å². The highest BCUT2D eigenvalue weighted by atomic mass is 15.1. The van der Waals surface area contributed by atoms with Crippen molar-refractivity contribution in [3.05, 3.63) is 194 Å². The molecule has 0 aliphatic heterocycles. The first kappa shape index (κ1) is 32.0. The van der Waals surface area contributed by atoms with Gasteiger partial charge in [0.15, 0.2) is 0 Å². The number of hydrogen-bond acceptors (Lipinski definition) is 1. The largest absolute Gasteiger partial charge is 0.296 e. The van der Waals surface area contributed by atoms with Crippen LogP contribution in [0.15, 0.2) is 188 Å².